The zero-order chi connectivity index (χ0) is 18.9. The maximum Gasteiger partial charge on any atom is 0.257 e. The van der Waals surface area contributed by atoms with E-state index in [1.54, 1.807) is 26.0 Å². The van der Waals surface area contributed by atoms with Crippen LogP contribution in [0.5, 0.6) is 0 Å². The largest absolute Gasteiger partial charge is 0.361 e. The number of rotatable bonds is 5. The highest BCUT2D eigenvalue weighted by atomic mass is 32.2. The molecule has 1 fully saturated rings. The first-order valence-corrected chi connectivity index (χ1v) is 10.9. The van der Waals surface area contributed by atoms with Gasteiger partial charge in [0, 0.05) is 17.0 Å². The summed E-state index contributed by atoms with van der Waals surface area (Å²) in [7, 11) is -3.52. The highest BCUT2D eigenvalue weighted by Crippen LogP contribution is 2.25. The molecule has 2 heterocycles. The Kier molecular flexibility index (Phi) is 5.50. The zero-order valence-corrected chi connectivity index (χ0v) is 16.7. The van der Waals surface area contributed by atoms with E-state index in [0.29, 0.717) is 27.6 Å². The lowest BCUT2D eigenvalue weighted by Gasteiger charge is -2.30. The molecular weight excluding hydrogens is 374 g/mol. The van der Waals surface area contributed by atoms with Gasteiger partial charge in [-0.15, -0.1) is 11.3 Å². The molecule has 2 atom stereocenters. The topological polar surface area (TPSA) is 101 Å². The molecule has 1 aliphatic rings. The molecule has 1 amide bonds. The number of hydrogen-bond acceptors (Lipinski definition) is 6. The van der Waals surface area contributed by atoms with Crippen LogP contribution in [0.15, 0.2) is 20.9 Å². The van der Waals surface area contributed by atoms with Gasteiger partial charge in [-0.05, 0) is 58.6 Å². The summed E-state index contributed by atoms with van der Waals surface area (Å²) in [6.45, 7) is 5.31. The van der Waals surface area contributed by atoms with Gasteiger partial charge in [-0.1, -0.05) is 5.16 Å². The summed E-state index contributed by atoms with van der Waals surface area (Å²) in [4.78, 5) is 13.4. The summed E-state index contributed by atoms with van der Waals surface area (Å²) in [5.74, 6) is 0.268. The van der Waals surface area contributed by atoms with Crippen LogP contribution in [0.4, 0.5) is 0 Å². The van der Waals surface area contributed by atoms with Crippen molar-refractivity contribution < 1.29 is 17.7 Å². The van der Waals surface area contributed by atoms with Crippen molar-refractivity contribution in [2.45, 2.75) is 62.7 Å². The van der Waals surface area contributed by atoms with Crippen LogP contribution < -0.4 is 10.0 Å². The molecule has 1 aliphatic carbocycles. The highest BCUT2D eigenvalue weighted by molar-refractivity contribution is 7.91. The van der Waals surface area contributed by atoms with Gasteiger partial charge in [-0.2, -0.15) is 0 Å². The van der Waals surface area contributed by atoms with E-state index in [2.05, 4.69) is 15.2 Å². The molecule has 0 bridgehead atoms. The molecule has 2 aromatic rings. The van der Waals surface area contributed by atoms with E-state index in [9.17, 15) is 13.2 Å². The molecule has 26 heavy (non-hydrogen) atoms. The lowest BCUT2D eigenvalue weighted by molar-refractivity contribution is 0.0923. The molecule has 3 rings (SSSR count). The third-order valence-electron chi connectivity index (χ3n) is 4.57. The van der Waals surface area contributed by atoms with Crippen LogP contribution in [0.1, 0.15) is 52.4 Å². The Morgan fingerprint density at radius 1 is 1.23 bits per heavy atom. The SMILES string of the molecule is Cc1ccc(S(=O)(=O)N[C@@H]2CCC[C@@H](NC(=O)c3c(C)noc3C)C2)s1. The number of thiophene rings is 1. The lowest BCUT2D eigenvalue weighted by Crippen LogP contribution is -2.45. The first kappa shape index (κ1) is 19.1. The fourth-order valence-electron chi connectivity index (χ4n) is 3.33. The van der Waals surface area contributed by atoms with Crippen molar-refractivity contribution in [1.29, 1.82) is 0 Å². The number of nitrogens with one attached hydrogen (secondary N) is 2. The molecule has 1 saturated carbocycles. The van der Waals surface area contributed by atoms with Gasteiger partial charge in [-0.3, -0.25) is 4.79 Å². The van der Waals surface area contributed by atoms with Gasteiger partial charge in [0.2, 0.25) is 10.0 Å². The predicted octanol–water partition coefficient (Wildman–Crippen LogP) is 2.68. The number of aromatic nitrogens is 1. The van der Waals surface area contributed by atoms with E-state index in [0.717, 1.165) is 24.1 Å². The van der Waals surface area contributed by atoms with Crippen molar-refractivity contribution in [3.63, 3.8) is 0 Å². The molecular formula is C17H23N3O4S2. The van der Waals surface area contributed by atoms with E-state index in [1.807, 2.05) is 6.92 Å². The molecule has 2 N–H and O–H groups in total. The van der Waals surface area contributed by atoms with E-state index < -0.39 is 10.0 Å². The molecule has 2 aromatic heterocycles. The summed E-state index contributed by atoms with van der Waals surface area (Å²) >= 11 is 1.26. The summed E-state index contributed by atoms with van der Waals surface area (Å²) in [5, 5.41) is 6.79. The molecule has 7 nitrogen and oxygen atoms in total. The summed E-state index contributed by atoms with van der Waals surface area (Å²) in [5.41, 5.74) is 1.02. The second kappa shape index (κ2) is 7.50. The Morgan fingerprint density at radius 2 is 1.96 bits per heavy atom. The third kappa shape index (κ3) is 4.16. The number of hydrogen-bond donors (Lipinski definition) is 2. The van der Waals surface area contributed by atoms with Crippen molar-refractivity contribution in [2.75, 3.05) is 0 Å². The van der Waals surface area contributed by atoms with Crippen LogP contribution in [0.3, 0.4) is 0 Å². The number of sulfonamides is 1. The molecule has 0 radical (unpaired) electrons. The Morgan fingerprint density at radius 3 is 2.58 bits per heavy atom. The molecule has 0 aromatic carbocycles. The molecule has 142 valence electrons. The van der Waals surface area contributed by atoms with E-state index >= 15 is 0 Å². The quantitative estimate of drug-likeness (QED) is 0.808. The van der Waals surface area contributed by atoms with Gasteiger partial charge in [0.25, 0.3) is 5.91 Å². The van der Waals surface area contributed by atoms with Gasteiger partial charge in [0.05, 0.1) is 5.69 Å². The Balaban J connectivity index is 1.63. The number of carbonyl (C=O) groups excluding carboxylic acids is 1. The van der Waals surface area contributed by atoms with Gasteiger partial charge in [0.15, 0.2) is 0 Å². The number of aryl methyl sites for hydroxylation is 3. The van der Waals surface area contributed by atoms with Gasteiger partial charge in [0.1, 0.15) is 15.5 Å². The molecule has 9 heteroatoms. The lowest BCUT2D eigenvalue weighted by atomic mass is 9.91. The first-order valence-electron chi connectivity index (χ1n) is 8.59. The average Bonchev–Trinajstić information content (AvgIpc) is 3.13. The molecule has 0 saturated heterocycles. The van der Waals surface area contributed by atoms with Crippen molar-refractivity contribution in [1.82, 2.24) is 15.2 Å². The minimum atomic E-state index is -3.52. The molecule has 0 aliphatic heterocycles. The Hall–Kier alpha value is -1.71. The van der Waals surface area contributed by atoms with Crippen molar-refractivity contribution in [2.24, 2.45) is 0 Å². The summed E-state index contributed by atoms with van der Waals surface area (Å²) in [6.07, 6.45) is 3.01. The maximum atomic E-state index is 12.5. The Labute approximate surface area is 157 Å². The molecule has 0 spiro atoms. The minimum absolute atomic E-state index is 0.0808. The Bertz CT molecular complexity index is 882. The second-order valence-corrected chi connectivity index (χ2v) is 9.95. The number of carbonyl (C=O) groups is 1. The van der Waals surface area contributed by atoms with Crippen LogP contribution in [-0.4, -0.2) is 31.6 Å². The highest BCUT2D eigenvalue weighted by Gasteiger charge is 2.29. The molecule has 0 unspecified atom stereocenters. The maximum absolute atomic E-state index is 12.5. The van der Waals surface area contributed by atoms with Crippen LogP contribution >= 0.6 is 11.3 Å². The van der Waals surface area contributed by atoms with Crippen molar-refractivity contribution in [3.05, 3.63) is 34.0 Å². The third-order valence-corrected chi connectivity index (χ3v) is 7.59. The van der Waals surface area contributed by atoms with Crippen molar-refractivity contribution >= 4 is 27.3 Å². The normalized spacial score (nSPS) is 20.9. The van der Waals surface area contributed by atoms with Crippen LogP contribution in [0.2, 0.25) is 0 Å². The van der Waals surface area contributed by atoms with Crippen LogP contribution in [-0.2, 0) is 10.0 Å². The van der Waals surface area contributed by atoms with E-state index in [4.69, 9.17) is 4.52 Å². The van der Waals surface area contributed by atoms with Crippen molar-refractivity contribution in [3.8, 4) is 0 Å². The number of amides is 1. The summed E-state index contributed by atoms with van der Waals surface area (Å²) in [6, 6.07) is 3.16. The zero-order valence-electron chi connectivity index (χ0n) is 15.0. The van der Waals surface area contributed by atoms with Gasteiger partial charge in [-0.25, -0.2) is 13.1 Å². The van der Waals surface area contributed by atoms with E-state index in [1.165, 1.54) is 11.3 Å². The van der Waals surface area contributed by atoms with Gasteiger partial charge < -0.3 is 9.84 Å². The summed E-state index contributed by atoms with van der Waals surface area (Å²) < 4.78 is 33.2. The monoisotopic (exact) mass is 397 g/mol. The van der Waals surface area contributed by atoms with Crippen LogP contribution in [0, 0.1) is 20.8 Å². The van der Waals surface area contributed by atoms with Gasteiger partial charge >= 0.3 is 0 Å². The number of nitrogens with zero attached hydrogens (tertiary/aromatic N) is 1. The average molecular weight is 398 g/mol. The van der Waals surface area contributed by atoms with E-state index in [-0.39, 0.29) is 18.0 Å². The predicted molar refractivity (Wildman–Crippen MR) is 98.9 cm³/mol. The smallest absolute Gasteiger partial charge is 0.257 e. The fraction of sp³-hybridized carbons (Fsp3) is 0.529. The standard InChI is InChI=1S/C17H23N3O4S2/c1-10-7-8-15(25-10)26(22,23)20-14-6-4-5-13(9-14)18-17(21)16-11(2)19-24-12(16)3/h7-8,13-14,20H,4-6,9H2,1-3H3,(H,18,21)/t13-,14-/m1/s1. The van der Waals surface area contributed by atoms with Crippen LogP contribution in [0.25, 0.3) is 0 Å². The second-order valence-electron chi connectivity index (χ2n) is 6.72. The fourth-order valence-corrected chi connectivity index (χ4v) is 5.91. The first-order chi connectivity index (χ1) is 12.3. The minimum Gasteiger partial charge on any atom is -0.361 e.